The molecule has 0 radical (unpaired) electrons. The van der Waals surface area contributed by atoms with Gasteiger partial charge in [0, 0.05) is 4.91 Å². The van der Waals surface area contributed by atoms with Crippen molar-refractivity contribution in [3.8, 4) is 0 Å². The van der Waals surface area contributed by atoms with Crippen molar-refractivity contribution in [2.45, 2.75) is 140 Å². The van der Waals surface area contributed by atoms with Gasteiger partial charge in [-0.3, -0.25) is 5.41 Å². The fourth-order valence-corrected chi connectivity index (χ4v) is 5.98. The molecule has 4 aliphatic heterocycles. The molecule has 0 aliphatic carbocycles. The first kappa shape index (κ1) is 42.7. The van der Waals surface area contributed by atoms with Crippen molar-refractivity contribution in [3.05, 3.63) is 10.4 Å². The lowest BCUT2D eigenvalue weighted by Crippen LogP contribution is -2.68. The average Bonchev–Trinajstić information content (AvgIpc) is 3.08. The van der Waals surface area contributed by atoms with Crippen molar-refractivity contribution in [1.82, 2.24) is 0 Å². The van der Waals surface area contributed by atoms with E-state index >= 15 is 0 Å². The first-order valence-corrected chi connectivity index (χ1v) is 16.6. The monoisotopic (exact) mass is 802 g/mol. The average molecular weight is 804 g/mol. The van der Waals surface area contributed by atoms with Crippen molar-refractivity contribution in [1.29, 1.82) is 5.41 Å². The third-order valence-electron chi connectivity index (χ3n) is 8.79. The fraction of sp³-hybridized carbons (Fsp3) is 0.962. The van der Waals surface area contributed by atoms with E-state index in [1.807, 2.05) is 0 Å². The highest BCUT2D eigenvalue weighted by Gasteiger charge is 2.56. The molecule has 4 aliphatic rings. The predicted octanol–water partition coefficient (Wildman–Crippen LogP) is -4.00. The van der Waals surface area contributed by atoms with Crippen LogP contribution in [0.25, 0.3) is 10.4 Å². The summed E-state index contributed by atoms with van der Waals surface area (Å²) in [6.07, 6.45) is -32.8. The molecule has 4 fully saturated rings. The van der Waals surface area contributed by atoms with Crippen LogP contribution in [0.4, 0.5) is 0 Å². The molecule has 0 bridgehead atoms. The van der Waals surface area contributed by atoms with Gasteiger partial charge in [-0.2, -0.15) is 0 Å². The molecule has 0 aromatic rings. The van der Waals surface area contributed by atoms with Crippen molar-refractivity contribution in [2.24, 2.45) is 5.11 Å². The molecule has 0 spiro atoms. The molecule has 10 unspecified atom stereocenters. The Kier molecular flexibility index (Phi) is 14.8. The Morgan fingerprint density at radius 1 is 0.647 bits per heavy atom. The van der Waals surface area contributed by atoms with E-state index < -0.39 is 146 Å². The van der Waals surface area contributed by atoms with Crippen molar-refractivity contribution in [2.75, 3.05) is 13.2 Å². The molecule has 22 nitrogen and oxygen atoms in total. The number of nitrogens with one attached hydrogen (secondary N) is 1. The summed E-state index contributed by atoms with van der Waals surface area (Å²) < 4.78 is 43.1. The van der Waals surface area contributed by atoms with Crippen LogP contribution in [-0.4, -0.2) is 197 Å². The largest absolute Gasteiger partial charge is 0.448 e. The third-order valence-corrected chi connectivity index (χ3v) is 9.30. The highest BCUT2D eigenvalue weighted by Crippen LogP contribution is 2.38. The SMILES string of the molecule is CC1OC(OC2[C@H](O[C@@H]3C(CO)OC(OC(=N)C(Cl)(Cl)Cl)C(N=[N+]=[N-])[C@H]3O[C@@H]3OC(C)[C@@H](O)[C@@H](O)C3O)OC(CO)[C@H](O)[C@@H]2O)[C@@H](O)C(O)[C@H]1O. The van der Waals surface area contributed by atoms with Gasteiger partial charge < -0.3 is 89.0 Å². The van der Waals surface area contributed by atoms with E-state index in [0.717, 1.165) is 0 Å². The topological polar surface area (TPSA) is 349 Å². The summed E-state index contributed by atoms with van der Waals surface area (Å²) in [7, 11) is 0. The van der Waals surface area contributed by atoms with E-state index in [2.05, 4.69) is 10.0 Å². The van der Waals surface area contributed by atoms with Crippen LogP contribution in [0.15, 0.2) is 5.11 Å². The van der Waals surface area contributed by atoms with Crippen LogP contribution in [0, 0.1) is 5.41 Å². The molecular weight excluding hydrogens is 763 g/mol. The molecule has 11 N–H and O–H groups in total. The van der Waals surface area contributed by atoms with E-state index in [1.165, 1.54) is 13.8 Å². The van der Waals surface area contributed by atoms with Gasteiger partial charge in [0.05, 0.1) is 25.4 Å². The molecule has 4 heterocycles. The van der Waals surface area contributed by atoms with Gasteiger partial charge in [-0.15, -0.1) is 0 Å². The first-order chi connectivity index (χ1) is 23.9. The van der Waals surface area contributed by atoms with Crippen LogP contribution in [0.3, 0.4) is 0 Å². The maximum atomic E-state index is 11.1. The molecule has 0 amide bonds. The second-order valence-electron chi connectivity index (χ2n) is 12.2. The van der Waals surface area contributed by atoms with E-state index in [0.29, 0.717) is 0 Å². The molecule has 0 aromatic heterocycles. The van der Waals surface area contributed by atoms with Crippen LogP contribution in [0.1, 0.15) is 13.8 Å². The number of azide groups is 1. The smallest absolute Gasteiger partial charge is 0.265 e. The summed E-state index contributed by atoms with van der Waals surface area (Å²) in [6.45, 7) is 0.814. The highest BCUT2D eigenvalue weighted by molar-refractivity contribution is 6.76. The van der Waals surface area contributed by atoms with E-state index in [4.69, 9.17) is 78.1 Å². The van der Waals surface area contributed by atoms with Gasteiger partial charge in [0.15, 0.2) is 18.9 Å². The van der Waals surface area contributed by atoms with Crippen molar-refractivity contribution < 1.29 is 89.0 Å². The summed E-state index contributed by atoms with van der Waals surface area (Å²) in [6, 6.07) is -1.79. The number of aliphatic hydroxyl groups excluding tert-OH is 10. The number of ether oxygens (including phenoxy) is 8. The Morgan fingerprint density at radius 3 is 1.59 bits per heavy atom. The third kappa shape index (κ3) is 9.27. The molecule has 294 valence electrons. The zero-order valence-electron chi connectivity index (χ0n) is 26.7. The van der Waals surface area contributed by atoms with Crippen molar-refractivity contribution >= 4 is 40.7 Å². The molecule has 4 saturated heterocycles. The predicted molar refractivity (Wildman–Crippen MR) is 165 cm³/mol. The van der Waals surface area contributed by atoms with Gasteiger partial charge in [0.25, 0.3) is 3.79 Å². The minimum Gasteiger partial charge on any atom is -0.448 e. The highest BCUT2D eigenvalue weighted by atomic mass is 35.6. The number of aliphatic hydroxyl groups is 10. The van der Waals surface area contributed by atoms with E-state index in [1.54, 1.807) is 0 Å². The van der Waals surface area contributed by atoms with E-state index in [-0.39, 0.29) is 0 Å². The zero-order valence-corrected chi connectivity index (χ0v) is 28.9. The van der Waals surface area contributed by atoms with E-state index in [9.17, 15) is 56.6 Å². The fourth-order valence-electron chi connectivity index (χ4n) is 5.85. The normalized spacial score (nSPS) is 48.1. The Hall–Kier alpha value is -1.03. The number of rotatable bonds is 10. The van der Waals surface area contributed by atoms with Crippen LogP contribution < -0.4 is 0 Å². The van der Waals surface area contributed by atoms with Gasteiger partial charge >= 0.3 is 0 Å². The maximum absolute atomic E-state index is 11.1. The number of alkyl halides is 3. The molecule has 0 saturated carbocycles. The summed E-state index contributed by atoms with van der Waals surface area (Å²) >= 11 is 17.3. The summed E-state index contributed by atoms with van der Waals surface area (Å²) in [5.41, 5.74) is 9.50. The van der Waals surface area contributed by atoms with Crippen LogP contribution in [0.2, 0.25) is 0 Å². The lowest BCUT2D eigenvalue weighted by molar-refractivity contribution is -0.390. The van der Waals surface area contributed by atoms with Gasteiger partial charge in [0.2, 0.25) is 12.2 Å². The quantitative estimate of drug-likeness (QED) is 0.0250. The summed E-state index contributed by atoms with van der Waals surface area (Å²) in [5, 5.41) is 116. The molecule has 25 heteroatoms. The van der Waals surface area contributed by atoms with Gasteiger partial charge in [-0.25, -0.2) is 0 Å². The van der Waals surface area contributed by atoms with Gasteiger partial charge in [-0.1, -0.05) is 39.9 Å². The minimum absolute atomic E-state index is 0.892. The first-order valence-electron chi connectivity index (χ1n) is 15.5. The Bertz CT molecular complexity index is 1220. The molecule has 20 atom stereocenters. The summed E-state index contributed by atoms with van der Waals surface area (Å²) in [4.78, 5) is 2.74. The summed E-state index contributed by atoms with van der Waals surface area (Å²) in [5.74, 6) is -1.04. The standard InChI is InChI=1S/C26H41Cl3N4O18/c1-5-10(36)13(39)16(42)22(44-5)49-19-9(32-33-31)21(51-25(30)26(27,28)29)47-8(4-35)18(19)48-24-20(15(41)12(38)7(3-34)46-24)50-23-17(43)14(40)11(37)6(2)45-23/h5-24,30,34-43H,3-4H2,1-2H3/t5?,6?,7?,8?,9?,10-,11+,12+,13-,14?,15+,16?,17+,18-,19-,20?,21?,22+,23?,24+/m1/s1. The second kappa shape index (κ2) is 17.6. The van der Waals surface area contributed by atoms with Gasteiger partial charge in [0.1, 0.15) is 85.4 Å². The minimum atomic E-state index is -2.47. The molecule has 0 aromatic carbocycles. The number of nitrogens with zero attached hydrogens (tertiary/aromatic N) is 3. The lowest BCUT2D eigenvalue weighted by Gasteiger charge is -2.50. The lowest BCUT2D eigenvalue weighted by atomic mass is 9.94. The Morgan fingerprint density at radius 2 is 1.12 bits per heavy atom. The number of halogens is 3. The van der Waals surface area contributed by atoms with Gasteiger partial charge in [-0.05, 0) is 19.4 Å². The van der Waals surface area contributed by atoms with Crippen LogP contribution in [-0.2, 0) is 37.9 Å². The van der Waals surface area contributed by atoms with Crippen molar-refractivity contribution in [3.63, 3.8) is 0 Å². The maximum Gasteiger partial charge on any atom is 0.265 e. The zero-order chi connectivity index (χ0) is 38.1. The molecular formula is C26H41Cl3N4O18. The Balaban J connectivity index is 1.74. The number of hydrogen-bond acceptors (Lipinski definition) is 20. The number of hydrogen-bond donors (Lipinski definition) is 11. The Labute approximate surface area is 303 Å². The van der Waals surface area contributed by atoms with Crippen LogP contribution >= 0.6 is 34.8 Å². The second-order valence-corrected chi connectivity index (χ2v) is 14.5. The molecule has 51 heavy (non-hydrogen) atoms. The molecule has 4 rings (SSSR count). The van der Waals surface area contributed by atoms with Crippen LogP contribution in [0.5, 0.6) is 0 Å².